The van der Waals surface area contributed by atoms with E-state index in [1.165, 1.54) is 6.07 Å². The fourth-order valence-electron chi connectivity index (χ4n) is 2.05. The standard InChI is InChI=1S/C14H23BrN2O3S/c1-4-17(5-2)7-6-16-21(19,20)13-9-12(10-18)8-11(3)14(13)15/h8-9,16,18H,4-7,10H2,1-3H3. The lowest BCUT2D eigenvalue weighted by atomic mass is 10.1. The fourth-order valence-corrected chi connectivity index (χ4v) is 4.14. The van der Waals surface area contributed by atoms with E-state index in [1.54, 1.807) is 13.0 Å². The summed E-state index contributed by atoms with van der Waals surface area (Å²) in [5.41, 5.74) is 1.37. The quantitative estimate of drug-likeness (QED) is 0.724. The molecule has 0 spiro atoms. The molecule has 0 saturated heterocycles. The first-order valence-corrected chi connectivity index (χ1v) is 9.25. The molecule has 1 aromatic rings. The van der Waals surface area contributed by atoms with Crippen molar-refractivity contribution < 1.29 is 13.5 Å². The molecule has 7 heteroatoms. The molecule has 0 unspecified atom stereocenters. The summed E-state index contributed by atoms with van der Waals surface area (Å²) in [7, 11) is -3.59. The summed E-state index contributed by atoms with van der Waals surface area (Å²) in [6.45, 7) is 8.52. The van der Waals surface area contributed by atoms with E-state index >= 15 is 0 Å². The third kappa shape index (κ3) is 5.03. The molecule has 2 N–H and O–H groups in total. The molecular weight excluding hydrogens is 356 g/mol. The molecule has 0 atom stereocenters. The lowest BCUT2D eigenvalue weighted by molar-refractivity contribution is 0.281. The first-order valence-electron chi connectivity index (χ1n) is 6.97. The van der Waals surface area contributed by atoms with Crippen molar-refractivity contribution in [2.24, 2.45) is 0 Å². The molecule has 21 heavy (non-hydrogen) atoms. The number of aliphatic hydroxyl groups is 1. The molecule has 0 radical (unpaired) electrons. The highest BCUT2D eigenvalue weighted by Crippen LogP contribution is 2.27. The highest BCUT2D eigenvalue weighted by atomic mass is 79.9. The van der Waals surface area contributed by atoms with Crippen LogP contribution in [0.5, 0.6) is 0 Å². The summed E-state index contributed by atoms with van der Waals surface area (Å²) < 4.78 is 27.9. The molecule has 0 bridgehead atoms. The number of aliphatic hydroxyl groups excluding tert-OH is 1. The monoisotopic (exact) mass is 378 g/mol. The van der Waals surface area contributed by atoms with E-state index in [2.05, 4.69) is 25.6 Å². The molecule has 0 amide bonds. The SMILES string of the molecule is CCN(CC)CCNS(=O)(=O)c1cc(CO)cc(C)c1Br. The highest BCUT2D eigenvalue weighted by Gasteiger charge is 2.19. The lowest BCUT2D eigenvalue weighted by Gasteiger charge is -2.18. The van der Waals surface area contributed by atoms with E-state index < -0.39 is 10.0 Å². The van der Waals surface area contributed by atoms with Gasteiger partial charge >= 0.3 is 0 Å². The van der Waals surface area contributed by atoms with Crippen molar-refractivity contribution in [2.75, 3.05) is 26.2 Å². The van der Waals surface area contributed by atoms with Crippen molar-refractivity contribution in [3.8, 4) is 0 Å². The van der Waals surface area contributed by atoms with Crippen molar-refractivity contribution in [1.29, 1.82) is 0 Å². The minimum atomic E-state index is -3.59. The predicted octanol–water partition coefficient (Wildman–Crippen LogP) is 1.87. The summed E-state index contributed by atoms with van der Waals surface area (Å²) in [6.07, 6.45) is 0. The van der Waals surface area contributed by atoms with Gasteiger partial charge < -0.3 is 10.0 Å². The molecular formula is C14H23BrN2O3S. The highest BCUT2D eigenvalue weighted by molar-refractivity contribution is 9.10. The molecule has 0 fully saturated rings. The van der Waals surface area contributed by atoms with Crippen LogP contribution in [0.25, 0.3) is 0 Å². The van der Waals surface area contributed by atoms with Crippen LogP contribution in [-0.4, -0.2) is 44.6 Å². The molecule has 0 saturated carbocycles. The van der Waals surface area contributed by atoms with E-state index in [9.17, 15) is 13.5 Å². The smallest absolute Gasteiger partial charge is 0.241 e. The maximum atomic E-state index is 12.4. The average molecular weight is 379 g/mol. The average Bonchev–Trinajstić information content (AvgIpc) is 2.46. The van der Waals surface area contributed by atoms with Crippen LogP contribution in [0.15, 0.2) is 21.5 Å². The summed E-state index contributed by atoms with van der Waals surface area (Å²) >= 11 is 3.32. The van der Waals surface area contributed by atoms with E-state index in [0.29, 0.717) is 23.1 Å². The molecule has 0 aliphatic heterocycles. The Morgan fingerprint density at radius 2 is 1.90 bits per heavy atom. The Balaban J connectivity index is 2.90. The normalized spacial score (nSPS) is 12.1. The Morgan fingerprint density at radius 3 is 2.43 bits per heavy atom. The molecule has 5 nitrogen and oxygen atoms in total. The minimum absolute atomic E-state index is 0.172. The van der Waals surface area contributed by atoms with E-state index in [-0.39, 0.29) is 11.5 Å². The topological polar surface area (TPSA) is 69.6 Å². The molecule has 120 valence electrons. The molecule has 1 rings (SSSR count). The fraction of sp³-hybridized carbons (Fsp3) is 0.571. The van der Waals surface area contributed by atoms with Crippen LogP contribution in [0.4, 0.5) is 0 Å². The molecule has 0 aromatic heterocycles. The van der Waals surface area contributed by atoms with Gasteiger partial charge in [-0.15, -0.1) is 0 Å². The zero-order valence-corrected chi connectivity index (χ0v) is 15.1. The Kier molecular flexibility index (Phi) is 7.29. The lowest BCUT2D eigenvalue weighted by Crippen LogP contribution is -2.35. The van der Waals surface area contributed by atoms with Crippen molar-refractivity contribution in [1.82, 2.24) is 9.62 Å². The number of nitrogens with one attached hydrogen (secondary N) is 1. The maximum Gasteiger partial charge on any atom is 0.241 e. The largest absolute Gasteiger partial charge is 0.392 e. The third-order valence-corrected chi connectivity index (χ3v) is 6.17. The van der Waals surface area contributed by atoms with Gasteiger partial charge in [-0.25, -0.2) is 13.1 Å². The van der Waals surface area contributed by atoms with Crippen LogP contribution < -0.4 is 4.72 Å². The van der Waals surface area contributed by atoms with Gasteiger partial charge in [0.1, 0.15) is 0 Å². The molecule has 1 aromatic carbocycles. The van der Waals surface area contributed by atoms with Gasteiger partial charge in [-0.1, -0.05) is 19.9 Å². The second kappa shape index (κ2) is 8.24. The van der Waals surface area contributed by atoms with Crippen molar-refractivity contribution in [3.05, 3.63) is 27.7 Å². The van der Waals surface area contributed by atoms with Gasteiger partial charge in [0.05, 0.1) is 11.5 Å². The van der Waals surface area contributed by atoms with Gasteiger partial charge in [-0.05, 0) is 53.1 Å². The number of hydrogen-bond acceptors (Lipinski definition) is 4. The molecule has 0 heterocycles. The van der Waals surface area contributed by atoms with Gasteiger partial charge in [0.2, 0.25) is 10.0 Å². The van der Waals surface area contributed by atoms with Crippen LogP contribution >= 0.6 is 15.9 Å². The zero-order valence-electron chi connectivity index (χ0n) is 12.7. The zero-order chi connectivity index (χ0) is 16.0. The number of aryl methyl sites for hydroxylation is 1. The van der Waals surface area contributed by atoms with Crippen LogP contribution in [0.2, 0.25) is 0 Å². The van der Waals surface area contributed by atoms with E-state index in [4.69, 9.17) is 0 Å². The summed E-state index contributed by atoms with van der Waals surface area (Å²) in [4.78, 5) is 2.32. The third-order valence-electron chi connectivity index (χ3n) is 3.37. The Bertz CT molecular complexity index is 572. The van der Waals surface area contributed by atoms with Crippen LogP contribution in [0, 0.1) is 6.92 Å². The first-order chi connectivity index (χ1) is 9.85. The number of likely N-dealkylation sites (N-methyl/N-ethyl adjacent to an activating group) is 1. The van der Waals surface area contributed by atoms with Crippen LogP contribution in [0.1, 0.15) is 25.0 Å². The number of nitrogens with zero attached hydrogens (tertiary/aromatic N) is 1. The minimum Gasteiger partial charge on any atom is -0.392 e. The molecule has 0 aliphatic rings. The van der Waals surface area contributed by atoms with Gasteiger partial charge in [0, 0.05) is 17.6 Å². The van der Waals surface area contributed by atoms with Crippen molar-refractivity contribution >= 4 is 26.0 Å². The van der Waals surface area contributed by atoms with Crippen molar-refractivity contribution in [2.45, 2.75) is 32.3 Å². The summed E-state index contributed by atoms with van der Waals surface area (Å²) in [5.74, 6) is 0. The number of benzene rings is 1. The summed E-state index contributed by atoms with van der Waals surface area (Å²) in [6, 6.07) is 3.26. The van der Waals surface area contributed by atoms with Crippen LogP contribution in [0.3, 0.4) is 0 Å². The Hall–Kier alpha value is -0.470. The molecule has 0 aliphatic carbocycles. The van der Waals surface area contributed by atoms with Gasteiger partial charge in [0.15, 0.2) is 0 Å². The number of sulfonamides is 1. The van der Waals surface area contributed by atoms with E-state index in [1.807, 2.05) is 13.8 Å². The number of rotatable bonds is 8. The van der Waals surface area contributed by atoms with Crippen molar-refractivity contribution in [3.63, 3.8) is 0 Å². The first kappa shape index (κ1) is 18.6. The van der Waals surface area contributed by atoms with Gasteiger partial charge in [-0.3, -0.25) is 0 Å². The van der Waals surface area contributed by atoms with E-state index in [0.717, 1.165) is 18.7 Å². The predicted molar refractivity (Wildman–Crippen MR) is 87.8 cm³/mol. The van der Waals surface area contributed by atoms with Gasteiger partial charge in [0.25, 0.3) is 0 Å². The van der Waals surface area contributed by atoms with Crippen LogP contribution in [-0.2, 0) is 16.6 Å². The second-order valence-corrected chi connectivity index (χ2v) is 7.34. The Morgan fingerprint density at radius 1 is 1.29 bits per heavy atom. The maximum absolute atomic E-state index is 12.4. The number of hydrogen-bond donors (Lipinski definition) is 2. The number of halogens is 1. The Labute approximate surface area is 135 Å². The second-order valence-electron chi connectivity index (χ2n) is 4.81. The van der Waals surface area contributed by atoms with Gasteiger partial charge in [-0.2, -0.15) is 0 Å². The summed E-state index contributed by atoms with van der Waals surface area (Å²) in [5, 5.41) is 9.22.